The normalized spacial score (nSPS) is 26.1. The summed E-state index contributed by atoms with van der Waals surface area (Å²) in [4.78, 5) is 23.1. The number of alkyl halides is 1. The molecule has 2 unspecified atom stereocenters. The molecule has 5 nitrogen and oxygen atoms in total. The van der Waals surface area contributed by atoms with Gasteiger partial charge in [-0.3, -0.25) is 9.59 Å². The molecule has 1 aliphatic carbocycles. The van der Waals surface area contributed by atoms with Gasteiger partial charge in [-0.1, -0.05) is 0 Å². The molecule has 0 radical (unpaired) electrons. The lowest BCUT2D eigenvalue weighted by Gasteiger charge is -2.13. The van der Waals surface area contributed by atoms with Crippen LogP contribution in [0.1, 0.15) is 42.6 Å². The summed E-state index contributed by atoms with van der Waals surface area (Å²) in [6.07, 6.45) is 1.15. The summed E-state index contributed by atoms with van der Waals surface area (Å²) in [7, 11) is 0. The molecule has 1 aromatic heterocycles. The second kappa shape index (κ2) is 5.02. The van der Waals surface area contributed by atoms with Gasteiger partial charge in [-0.25, -0.2) is 4.39 Å². The predicted molar refractivity (Wildman–Crippen MR) is 73.9 cm³/mol. The van der Waals surface area contributed by atoms with Crippen LogP contribution in [0.15, 0.2) is 12.3 Å². The minimum Gasteiger partial charge on any atom is -0.331 e. The molecular formula is C15H16FN3O2. The molecule has 1 N–H and O–H groups in total. The van der Waals surface area contributed by atoms with E-state index in [4.69, 9.17) is 0 Å². The Kier molecular flexibility index (Phi) is 3.31. The van der Waals surface area contributed by atoms with E-state index < -0.39 is 6.17 Å². The Morgan fingerprint density at radius 3 is 2.76 bits per heavy atom. The van der Waals surface area contributed by atoms with Crippen LogP contribution in [0.4, 0.5) is 4.39 Å². The fourth-order valence-corrected chi connectivity index (χ4v) is 2.80. The van der Waals surface area contributed by atoms with Crippen molar-refractivity contribution < 1.29 is 14.0 Å². The van der Waals surface area contributed by atoms with E-state index in [1.54, 1.807) is 13.0 Å². The summed E-state index contributed by atoms with van der Waals surface area (Å²) in [5.41, 5.74) is 2.51. The first-order valence-electron chi connectivity index (χ1n) is 6.98. The van der Waals surface area contributed by atoms with Gasteiger partial charge >= 0.3 is 0 Å². The van der Waals surface area contributed by atoms with Crippen molar-refractivity contribution in [1.29, 1.82) is 0 Å². The minimum absolute atomic E-state index is 0.0245. The standard InChI is InChI=1S/C15H16FN3O2/c1-7(16)9-3-11(9)10-4-13(19-18-8(10)2)12-6-17-15(21)5-14(12)20/h4,6-7,9,11H,3,5H2,1-2H3,(H,17,21)/t7?,9-,11?/m1/s1. The number of halogens is 1. The number of nitrogens with zero attached hydrogens (tertiary/aromatic N) is 2. The Bertz CT molecular complexity index is 654. The average Bonchev–Trinajstić information content (AvgIpc) is 3.20. The number of amides is 1. The van der Waals surface area contributed by atoms with E-state index in [2.05, 4.69) is 15.5 Å². The van der Waals surface area contributed by atoms with Crippen molar-refractivity contribution in [2.24, 2.45) is 5.92 Å². The number of nitrogens with one attached hydrogen (secondary N) is 1. The Hall–Kier alpha value is -2.11. The van der Waals surface area contributed by atoms with E-state index in [1.165, 1.54) is 6.20 Å². The van der Waals surface area contributed by atoms with Crippen molar-refractivity contribution in [3.05, 3.63) is 29.2 Å². The van der Waals surface area contributed by atoms with Crippen LogP contribution >= 0.6 is 0 Å². The Labute approximate surface area is 121 Å². The number of allylic oxidation sites excluding steroid dienone is 1. The van der Waals surface area contributed by atoms with Crippen molar-refractivity contribution in [3.8, 4) is 0 Å². The molecule has 1 aromatic rings. The highest BCUT2D eigenvalue weighted by Crippen LogP contribution is 2.51. The third-order valence-corrected chi connectivity index (χ3v) is 4.12. The van der Waals surface area contributed by atoms with Gasteiger partial charge in [0.2, 0.25) is 5.91 Å². The first-order valence-corrected chi connectivity index (χ1v) is 6.98. The molecule has 0 bridgehead atoms. The zero-order valence-corrected chi connectivity index (χ0v) is 11.9. The quantitative estimate of drug-likeness (QED) is 0.859. The highest BCUT2D eigenvalue weighted by molar-refractivity contribution is 6.27. The summed E-state index contributed by atoms with van der Waals surface area (Å²) in [6.45, 7) is 3.40. The van der Waals surface area contributed by atoms with E-state index in [0.717, 1.165) is 17.7 Å². The molecule has 3 atom stereocenters. The third kappa shape index (κ3) is 2.57. The van der Waals surface area contributed by atoms with Crippen LogP contribution in [-0.4, -0.2) is 28.1 Å². The second-order valence-electron chi connectivity index (χ2n) is 5.68. The fourth-order valence-electron chi connectivity index (χ4n) is 2.80. The molecule has 6 heteroatoms. The molecule has 110 valence electrons. The third-order valence-electron chi connectivity index (χ3n) is 4.12. The van der Waals surface area contributed by atoms with Crippen LogP contribution < -0.4 is 5.32 Å². The SMILES string of the molecule is Cc1nnc(C2=CNC(=O)CC2=O)cc1C1C[C@@H]1C(C)F. The summed E-state index contributed by atoms with van der Waals surface area (Å²) < 4.78 is 13.4. The summed E-state index contributed by atoms with van der Waals surface area (Å²) in [5.74, 6) is -0.420. The highest BCUT2D eigenvalue weighted by Gasteiger charge is 2.43. The maximum Gasteiger partial charge on any atom is 0.231 e. The number of aromatic nitrogens is 2. The van der Waals surface area contributed by atoms with Gasteiger partial charge in [0.05, 0.1) is 23.4 Å². The van der Waals surface area contributed by atoms with Crippen molar-refractivity contribution in [2.75, 3.05) is 0 Å². The Balaban J connectivity index is 1.92. The zero-order chi connectivity index (χ0) is 15.1. The zero-order valence-electron chi connectivity index (χ0n) is 11.9. The molecule has 2 heterocycles. The smallest absolute Gasteiger partial charge is 0.231 e. The highest BCUT2D eigenvalue weighted by atomic mass is 19.1. The van der Waals surface area contributed by atoms with E-state index in [0.29, 0.717) is 11.3 Å². The van der Waals surface area contributed by atoms with Gasteiger partial charge in [0.25, 0.3) is 0 Å². The average molecular weight is 289 g/mol. The molecule has 0 saturated heterocycles. The summed E-state index contributed by atoms with van der Waals surface area (Å²) >= 11 is 0. The molecule has 1 fully saturated rings. The predicted octanol–water partition coefficient (Wildman–Crippen LogP) is 1.68. The minimum atomic E-state index is -0.846. The Morgan fingerprint density at radius 1 is 1.38 bits per heavy atom. The van der Waals surface area contributed by atoms with Gasteiger partial charge in [0, 0.05) is 6.20 Å². The first kappa shape index (κ1) is 13.9. The lowest BCUT2D eigenvalue weighted by atomic mass is 9.99. The molecule has 1 amide bonds. The van der Waals surface area contributed by atoms with Gasteiger partial charge in [-0.2, -0.15) is 10.2 Å². The van der Waals surface area contributed by atoms with Gasteiger partial charge in [0.15, 0.2) is 5.78 Å². The van der Waals surface area contributed by atoms with Crippen molar-refractivity contribution >= 4 is 17.3 Å². The van der Waals surface area contributed by atoms with Crippen LogP contribution in [0.5, 0.6) is 0 Å². The molecule has 1 aliphatic heterocycles. The van der Waals surface area contributed by atoms with Crippen molar-refractivity contribution in [1.82, 2.24) is 15.5 Å². The van der Waals surface area contributed by atoms with Gasteiger partial charge in [-0.05, 0) is 43.7 Å². The second-order valence-corrected chi connectivity index (χ2v) is 5.68. The van der Waals surface area contributed by atoms with Crippen LogP contribution in [0.3, 0.4) is 0 Å². The van der Waals surface area contributed by atoms with Crippen LogP contribution in [0, 0.1) is 12.8 Å². The lowest BCUT2D eigenvalue weighted by molar-refractivity contribution is -0.125. The molecule has 3 rings (SSSR count). The van der Waals surface area contributed by atoms with Crippen molar-refractivity contribution in [3.63, 3.8) is 0 Å². The maximum absolute atomic E-state index is 13.4. The number of rotatable bonds is 3. The topological polar surface area (TPSA) is 72.0 Å². The number of aryl methyl sites for hydroxylation is 1. The number of Topliss-reactive ketones (excluding diaryl/α,β-unsaturated/α-hetero) is 1. The van der Waals surface area contributed by atoms with Crippen LogP contribution in [0.25, 0.3) is 5.57 Å². The lowest BCUT2D eigenvalue weighted by Crippen LogP contribution is -2.27. The Morgan fingerprint density at radius 2 is 2.14 bits per heavy atom. The number of carbonyl (C=O) groups excluding carboxylic acids is 2. The molecule has 0 spiro atoms. The molecule has 21 heavy (non-hydrogen) atoms. The number of ketones is 1. The summed E-state index contributed by atoms with van der Waals surface area (Å²) in [6, 6.07) is 1.80. The van der Waals surface area contributed by atoms with E-state index in [-0.39, 0.29) is 29.9 Å². The summed E-state index contributed by atoms with van der Waals surface area (Å²) in [5, 5.41) is 10.6. The number of hydrogen-bond acceptors (Lipinski definition) is 4. The number of carbonyl (C=O) groups is 2. The largest absolute Gasteiger partial charge is 0.331 e. The van der Waals surface area contributed by atoms with E-state index in [9.17, 15) is 14.0 Å². The van der Waals surface area contributed by atoms with Crippen LogP contribution in [0.2, 0.25) is 0 Å². The first-order chi connectivity index (χ1) is 9.97. The number of hydrogen-bond donors (Lipinski definition) is 1. The molecule has 2 aliphatic rings. The van der Waals surface area contributed by atoms with Gasteiger partial charge in [-0.15, -0.1) is 0 Å². The van der Waals surface area contributed by atoms with E-state index in [1.807, 2.05) is 6.92 Å². The van der Waals surface area contributed by atoms with Gasteiger partial charge in [0.1, 0.15) is 6.17 Å². The molecule has 0 aromatic carbocycles. The van der Waals surface area contributed by atoms with Gasteiger partial charge < -0.3 is 5.32 Å². The van der Waals surface area contributed by atoms with Crippen LogP contribution in [-0.2, 0) is 9.59 Å². The monoisotopic (exact) mass is 289 g/mol. The van der Waals surface area contributed by atoms with Crippen molar-refractivity contribution in [2.45, 2.75) is 38.8 Å². The molecule has 1 saturated carbocycles. The molecular weight excluding hydrogens is 273 g/mol. The van der Waals surface area contributed by atoms with E-state index >= 15 is 0 Å². The maximum atomic E-state index is 13.4. The fraction of sp³-hybridized carbons (Fsp3) is 0.467.